The van der Waals surface area contributed by atoms with E-state index in [4.69, 9.17) is 4.74 Å². The average molecular weight is 389 g/mol. The highest BCUT2D eigenvalue weighted by molar-refractivity contribution is 5.94. The Morgan fingerprint density at radius 1 is 0.929 bits per heavy atom. The van der Waals surface area contributed by atoms with Gasteiger partial charge in [-0.25, -0.2) is 4.79 Å². The highest BCUT2D eigenvalue weighted by atomic mass is 16.6. The van der Waals surface area contributed by atoms with E-state index in [0.29, 0.717) is 23.7 Å². The van der Waals surface area contributed by atoms with Crippen LogP contribution in [-0.2, 0) is 14.3 Å². The second-order valence-electron chi connectivity index (χ2n) is 8.24. The van der Waals surface area contributed by atoms with E-state index in [1.54, 1.807) is 45.0 Å². The van der Waals surface area contributed by atoms with Crippen molar-refractivity contribution < 1.29 is 19.1 Å². The van der Waals surface area contributed by atoms with Crippen molar-refractivity contribution in [2.45, 2.75) is 64.9 Å². The molecule has 0 atom stereocenters. The molecule has 2 rings (SSSR count). The van der Waals surface area contributed by atoms with Crippen LogP contribution in [0.15, 0.2) is 24.3 Å². The smallest absolute Gasteiger partial charge is 0.408 e. The fourth-order valence-corrected chi connectivity index (χ4v) is 3.17. The molecule has 0 unspecified atom stereocenters. The molecular formula is C21H31N3O4. The summed E-state index contributed by atoms with van der Waals surface area (Å²) in [4.78, 5) is 35.6. The topological polar surface area (TPSA) is 96.5 Å². The van der Waals surface area contributed by atoms with Gasteiger partial charge in [0.1, 0.15) is 12.1 Å². The van der Waals surface area contributed by atoms with Gasteiger partial charge in [0.25, 0.3) is 0 Å². The third-order valence-electron chi connectivity index (χ3n) is 4.44. The van der Waals surface area contributed by atoms with E-state index in [0.717, 1.165) is 12.8 Å². The first-order chi connectivity index (χ1) is 13.2. The van der Waals surface area contributed by atoms with Gasteiger partial charge in [0.15, 0.2) is 0 Å². The Hall–Kier alpha value is -2.57. The largest absolute Gasteiger partial charge is 0.444 e. The van der Waals surface area contributed by atoms with E-state index in [9.17, 15) is 14.4 Å². The van der Waals surface area contributed by atoms with E-state index < -0.39 is 11.7 Å². The van der Waals surface area contributed by atoms with Crippen LogP contribution in [0.3, 0.4) is 0 Å². The van der Waals surface area contributed by atoms with Crippen molar-refractivity contribution in [3.63, 3.8) is 0 Å². The Morgan fingerprint density at radius 3 is 2.00 bits per heavy atom. The molecule has 1 aliphatic rings. The van der Waals surface area contributed by atoms with E-state index in [1.165, 1.54) is 19.3 Å². The number of hydrogen-bond acceptors (Lipinski definition) is 4. The molecule has 28 heavy (non-hydrogen) atoms. The average Bonchev–Trinajstić information content (AvgIpc) is 2.61. The summed E-state index contributed by atoms with van der Waals surface area (Å²) in [6.45, 7) is 5.07. The lowest BCUT2D eigenvalue weighted by molar-refractivity contribution is -0.117. The Balaban J connectivity index is 1.73. The van der Waals surface area contributed by atoms with Crippen molar-refractivity contribution in [3.8, 4) is 0 Å². The monoisotopic (exact) mass is 389 g/mol. The van der Waals surface area contributed by atoms with Crippen LogP contribution in [0.4, 0.5) is 16.2 Å². The van der Waals surface area contributed by atoms with Gasteiger partial charge in [-0.2, -0.15) is 0 Å². The van der Waals surface area contributed by atoms with Crippen molar-refractivity contribution >= 4 is 29.3 Å². The van der Waals surface area contributed by atoms with Gasteiger partial charge in [-0.05, 0) is 63.8 Å². The molecule has 154 valence electrons. The van der Waals surface area contributed by atoms with Crippen molar-refractivity contribution in [3.05, 3.63) is 24.3 Å². The normalized spacial score (nSPS) is 14.8. The molecule has 1 saturated carbocycles. The lowest BCUT2D eigenvalue weighted by Crippen LogP contribution is -2.37. The minimum Gasteiger partial charge on any atom is -0.444 e. The number of benzene rings is 1. The fraction of sp³-hybridized carbons (Fsp3) is 0.571. The lowest BCUT2D eigenvalue weighted by atomic mass is 9.87. The zero-order valence-corrected chi connectivity index (χ0v) is 17.0. The standard InChI is InChI=1S/C21H31N3O4/c1-21(2,3)28-20(27)22-14-19(26)24-17-11-9-16(10-12-17)23-18(25)13-15-7-5-4-6-8-15/h9-12,15H,4-8,13-14H2,1-3H3,(H,22,27)(H,23,25)(H,24,26). The molecule has 0 saturated heterocycles. The third kappa shape index (κ3) is 8.41. The molecule has 0 spiro atoms. The molecule has 1 aromatic carbocycles. The molecule has 3 amide bonds. The van der Waals surface area contributed by atoms with Crippen LogP contribution in [0.25, 0.3) is 0 Å². The van der Waals surface area contributed by atoms with Crippen molar-refractivity contribution in [1.29, 1.82) is 0 Å². The van der Waals surface area contributed by atoms with E-state index in [1.807, 2.05) is 0 Å². The zero-order chi connectivity index (χ0) is 20.6. The summed E-state index contributed by atoms with van der Waals surface area (Å²) >= 11 is 0. The summed E-state index contributed by atoms with van der Waals surface area (Å²) in [6.07, 6.45) is 5.90. The Labute approximate surface area is 166 Å². The Kier molecular flexibility index (Phi) is 7.84. The fourth-order valence-electron chi connectivity index (χ4n) is 3.17. The van der Waals surface area contributed by atoms with E-state index >= 15 is 0 Å². The molecule has 7 nitrogen and oxygen atoms in total. The quantitative estimate of drug-likeness (QED) is 0.683. The molecule has 0 aromatic heterocycles. The number of nitrogens with one attached hydrogen (secondary N) is 3. The van der Waals surface area contributed by atoms with Crippen LogP contribution in [0.1, 0.15) is 59.3 Å². The predicted molar refractivity (Wildman–Crippen MR) is 109 cm³/mol. The molecule has 0 heterocycles. The molecule has 1 aromatic rings. The number of anilines is 2. The highest BCUT2D eigenvalue weighted by Gasteiger charge is 2.18. The van der Waals surface area contributed by atoms with Crippen molar-refractivity contribution in [2.75, 3.05) is 17.2 Å². The number of ether oxygens (including phenoxy) is 1. The maximum absolute atomic E-state index is 12.2. The van der Waals surface area contributed by atoms with Gasteiger partial charge in [-0.15, -0.1) is 0 Å². The van der Waals surface area contributed by atoms with Crippen molar-refractivity contribution in [1.82, 2.24) is 5.32 Å². The first-order valence-corrected chi connectivity index (χ1v) is 9.88. The SMILES string of the molecule is CC(C)(C)OC(=O)NCC(=O)Nc1ccc(NC(=O)CC2CCCCC2)cc1. The first kappa shape index (κ1) is 21.7. The molecule has 1 aliphatic carbocycles. The Morgan fingerprint density at radius 2 is 1.46 bits per heavy atom. The third-order valence-corrected chi connectivity index (χ3v) is 4.44. The number of hydrogen-bond donors (Lipinski definition) is 3. The van der Waals surface area contributed by atoms with Gasteiger partial charge in [-0.1, -0.05) is 19.3 Å². The van der Waals surface area contributed by atoms with Crippen LogP contribution < -0.4 is 16.0 Å². The molecule has 1 fully saturated rings. The van der Waals surface area contributed by atoms with Gasteiger partial charge in [0.2, 0.25) is 11.8 Å². The second-order valence-corrected chi connectivity index (χ2v) is 8.24. The highest BCUT2D eigenvalue weighted by Crippen LogP contribution is 2.26. The number of rotatable bonds is 6. The molecule has 7 heteroatoms. The molecule has 0 radical (unpaired) electrons. The summed E-state index contributed by atoms with van der Waals surface area (Å²) in [5.74, 6) is 0.162. The summed E-state index contributed by atoms with van der Waals surface area (Å²) in [7, 11) is 0. The van der Waals surface area contributed by atoms with Gasteiger partial charge in [0.05, 0.1) is 0 Å². The number of carbonyl (C=O) groups excluding carboxylic acids is 3. The van der Waals surface area contributed by atoms with Crippen LogP contribution in [0, 0.1) is 5.92 Å². The summed E-state index contributed by atoms with van der Waals surface area (Å²) in [6, 6.07) is 6.91. The van der Waals surface area contributed by atoms with Crippen LogP contribution in [0.5, 0.6) is 0 Å². The zero-order valence-electron chi connectivity index (χ0n) is 17.0. The van der Waals surface area contributed by atoms with Crippen LogP contribution in [0.2, 0.25) is 0 Å². The molecule has 3 N–H and O–H groups in total. The van der Waals surface area contributed by atoms with Gasteiger partial charge >= 0.3 is 6.09 Å². The first-order valence-electron chi connectivity index (χ1n) is 9.88. The van der Waals surface area contributed by atoms with Gasteiger partial charge in [-0.3, -0.25) is 9.59 Å². The maximum Gasteiger partial charge on any atom is 0.408 e. The van der Waals surface area contributed by atoms with Crippen LogP contribution >= 0.6 is 0 Å². The van der Waals surface area contributed by atoms with E-state index in [-0.39, 0.29) is 18.4 Å². The lowest BCUT2D eigenvalue weighted by Gasteiger charge is -2.20. The van der Waals surface area contributed by atoms with Crippen LogP contribution in [-0.4, -0.2) is 30.1 Å². The molecule has 0 bridgehead atoms. The van der Waals surface area contributed by atoms with Gasteiger partial charge < -0.3 is 20.7 Å². The van der Waals surface area contributed by atoms with E-state index in [2.05, 4.69) is 16.0 Å². The Bertz CT molecular complexity index is 674. The molecule has 0 aliphatic heterocycles. The molecular weight excluding hydrogens is 358 g/mol. The minimum atomic E-state index is -0.640. The summed E-state index contributed by atoms with van der Waals surface area (Å²) < 4.78 is 5.08. The van der Waals surface area contributed by atoms with Crippen molar-refractivity contribution in [2.24, 2.45) is 5.92 Å². The maximum atomic E-state index is 12.2. The number of alkyl carbamates (subject to hydrolysis) is 1. The summed E-state index contributed by atoms with van der Waals surface area (Å²) in [5.41, 5.74) is 0.671. The number of carbonyl (C=O) groups is 3. The number of amides is 3. The minimum absolute atomic E-state index is 0.0326. The van der Waals surface area contributed by atoms with Gasteiger partial charge in [0, 0.05) is 17.8 Å². The summed E-state index contributed by atoms with van der Waals surface area (Å²) in [5, 5.41) is 8.00. The second kappa shape index (κ2) is 10.1. The predicted octanol–water partition coefficient (Wildman–Crippen LogP) is 4.06.